The fraction of sp³-hybridized carbons (Fsp3) is 0.455. The number of H-pyrrole nitrogens is 1. The number of nitrogens with one attached hydrogen (secondary N) is 3. The number of fused-ring (bicyclic) bond motifs is 1. The molecule has 4 rings (SSSR count). The number of thiazole rings is 1. The van der Waals surface area contributed by atoms with Gasteiger partial charge in [-0.2, -0.15) is 0 Å². The third kappa shape index (κ3) is 4.97. The Hall–Kier alpha value is -2.69. The molecular weight excluding hydrogens is 464 g/mol. The Labute approximate surface area is 200 Å². The van der Waals surface area contributed by atoms with E-state index in [2.05, 4.69) is 44.3 Å². The number of imidazole rings is 1. The topological polar surface area (TPSA) is 123 Å². The average molecular weight is 491 g/mol. The largest absolute Gasteiger partial charge is 0.478 e. The van der Waals surface area contributed by atoms with E-state index < -0.39 is 5.97 Å². The molecular formula is C22H27ClN6O3S. The highest BCUT2D eigenvalue weighted by Gasteiger charge is 2.33. The quantitative estimate of drug-likeness (QED) is 0.400. The van der Waals surface area contributed by atoms with Crippen LogP contribution < -0.4 is 15.5 Å². The molecule has 1 fully saturated rings. The van der Waals surface area contributed by atoms with Gasteiger partial charge in [-0.3, -0.25) is 4.79 Å². The molecule has 2 aromatic heterocycles. The summed E-state index contributed by atoms with van der Waals surface area (Å²) in [6, 6.07) is 5.23. The minimum Gasteiger partial charge on any atom is -0.478 e. The van der Waals surface area contributed by atoms with Crippen molar-refractivity contribution >= 4 is 50.2 Å². The fourth-order valence-corrected chi connectivity index (χ4v) is 5.47. The molecule has 1 aliphatic heterocycles. The Morgan fingerprint density at radius 1 is 1.33 bits per heavy atom. The molecule has 2 atom stereocenters. The predicted octanol–water partition coefficient (Wildman–Crippen LogP) is 3.31. The number of nitrogens with zero attached hydrogens (tertiary/aromatic N) is 3. The van der Waals surface area contributed by atoms with E-state index in [-0.39, 0.29) is 35.4 Å². The van der Waals surface area contributed by atoms with Crippen molar-refractivity contribution in [3.8, 4) is 0 Å². The maximum Gasteiger partial charge on any atom is 0.337 e. The summed E-state index contributed by atoms with van der Waals surface area (Å²) in [6.45, 7) is 7.39. The second-order valence-electron chi connectivity index (χ2n) is 8.41. The molecule has 3 heterocycles. The van der Waals surface area contributed by atoms with Gasteiger partial charge in [0.05, 0.1) is 21.5 Å². The molecule has 33 heavy (non-hydrogen) atoms. The summed E-state index contributed by atoms with van der Waals surface area (Å²) < 4.78 is 0.672. The van der Waals surface area contributed by atoms with Crippen molar-refractivity contribution in [3.05, 3.63) is 40.4 Å². The van der Waals surface area contributed by atoms with Crippen LogP contribution in [0, 0.1) is 0 Å². The van der Waals surface area contributed by atoms with Crippen molar-refractivity contribution in [1.29, 1.82) is 0 Å². The van der Waals surface area contributed by atoms with Crippen molar-refractivity contribution < 1.29 is 14.7 Å². The number of hydrogen-bond acceptors (Lipinski definition) is 7. The van der Waals surface area contributed by atoms with E-state index >= 15 is 0 Å². The van der Waals surface area contributed by atoms with Crippen LogP contribution in [0.25, 0.3) is 10.2 Å². The molecule has 1 saturated heterocycles. The number of aromatic amines is 1. The first-order valence-corrected chi connectivity index (χ1v) is 12.1. The SMILES string of the molecule is CCc1[nH]c(C(=O)N[C@@H]2CCN(c3nc4cccc(C(=O)O)c4s3)C[C@@H]2NC(C)C)nc1Cl. The fourth-order valence-electron chi connectivity index (χ4n) is 4.10. The first kappa shape index (κ1) is 23.5. The van der Waals surface area contributed by atoms with Crippen LogP contribution >= 0.6 is 22.9 Å². The third-order valence-corrected chi connectivity index (χ3v) is 7.16. The number of aryl methyl sites for hydroxylation is 1. The van der Waals surface area contributed by atoms with Gasteiger partial charge in [-0.1, -0.05) is 49.8 Å². The molecule has 0 radical (unpaired) electrons. The zero-order valence-corrected chi connectivity index (χ0v) is 20.3. The minimum absolute atomic E-state index is 0.0234. The van der Waals surface area contributed by atoms with Gasteiger partial charge in [-0.25, -0.2) is 14.8 Å². The van der Waals surface area contributed by atoms with E-state index in [4.69, 9.17) is 11.6 Å². The lowest BCUT2D eigenvalue weighted by molar-refractivity contribution is 0.0699. The average Bonchev–Trinajstić information content (AvgIpc) is 3.37. The number of amides is 1. The third-order valence-electron chi connectivity index (χ3n) is 5.68. The lowest BCUT2D eigenvalue weighted by atomic mass is 9.98. The highest BCUT2D eigenvalue weighted by molar-refractivity contribution is 7.22. The lowest BCUT2D eigenvalue weighted by Crippen LogP contribution is -2.60. The number of carbonyl (C=O) groups excluding carboxylic acids is 1. The van der Waals surface area contributed by atoms with Crippen LogP contribution in [0.15, 0.2) is 18.2 Å². The summed E-state index contributed by atoms with van der Waals surface area (Å²) >= 11 is 7.48. The molecule has 1 aliphatic rings. The number of carbonyl (C=O) groups is 2. The highest BCUT2D eigenvalue weighted by atomic mass is 35.5. The molecule has 9 nitrogen and oxygen atoms in total. The minimum atomic E-state index is -0.958. The van der Waals surface area contributed by atoms with Gasteiger partial charge in [0.15, 0.2) is 16.1 Å². The lowest BCUT2D eigenvalue weighted by Gasteiger charge is -2.40. The molecule has 0 bridgehead atoms. The smallest absolute Gasteiger partial charge is 0.337 e. The summed E-state index contributed by atoms with van der Waals surface area (Å²) in [5, 5.41) is 17.2. The van der Waals surface area contributed by atoms with Crippen LogP contribution in [0.4, 0.5) is 5.13 Å². The molecule has 3 aromatic rings. The van der Waals surface area contributed by atoms with E-state index in [0.29, 0.717) is 41.3 Å². The standard InChI is InChI=1S/C22H27ClN6O3S/c1-4-13-18(23)28-19(25-13)20(30)26-14-8-9-29(10-16(14)24-11(2)3)22-27-15-7-5-6-12(21(31)32)17(15)33-22/h5-7,11,14,16,24H,4,8-10H2,1-3H3,(H,25,28)(H,26,30)(H,31,32)/t14-,16+/m1/s1. The van der Waals surface area contributed by atoms with Crippen LogP contribution in [-0.2, 0) is 6.42 Å². The van der Waals surface area contributed by atoms with E-state index in [0.717, 1.165) is 10.8 Å². The second-order valence-corrected chi connectivity index (χ2v) is 9.74. The second kappa shape index (κ2) is 9.66. The molecule has 11 heteroatoms. The summed E-state index contributed by atoms with van der Waals surface area (Å²) in [4.78, 5) is 38.4. The number of hydrogen-bond donors (Lipinski definition) is 4. The number of carboxylic acid groups (broad SMARTS) is 1. The number of rotatable bonds is 7. The van der Waals surface area contributed by atoms with Gasteiger partial charge in [-0.05, 0) is 25.0 Å². The van der Waals surface area contributed by atoms with Gasteiger partial charge < -0.3 is 25.6 Å². The zero-order valence-electron chi connectivity index (χ0n) is 18.7. The maximum absolute atomic E-state index is 12.8. The Balaban J connectivity index is 1.53. The zero-order chi connectivity index (χ0) is 23.7. The number of anilines is 1. The number of carboxylic acids is 1. The van der Waals surface area contributed by atoms with Crippen LogP contribution in [0.5, 0.6) is 0 Å². The van der Waals surface area contributed by atoms with E-state index in [9.17, 15) is 14.7 Å². The van der Waals surface area contributed by atoms with Crippen molar-refractivity contribution in [2.24, 2.45) is 0 Å². The van der Waals surface area contributed by atoms with Crippen LogP contribution in [-0.4, -0.2) is 63.1 Å². The van der Waals surface area contributed by atoms with E-state index in [1.807, 2.05) is 13.0 Å². The van der Waals surface area contributed by atoms with Gasteiger partial charge in [0.2, 0.25) is 0 Å². The molecule has 0 saturated carbocycles. The molecule has 4 N–H and O–H groups in total. The number of aromatic carboxylic acids is 1. The van der Waals surface area contributed by atoms with Crippen molar-refractivity contribution in [2.45, 2.75) is 51.7 Å². The summed E-state index contributed by atoms with van der Waals surface area (Å²) in [5.41, 5.74) is 1.68. The van der Waals surface area contributed by atoms with Gasteiger partial charge in [0.1, 0.15) is 0 Å². The first-order valence-electron chi connectivity index (χ1n) is 11.0. The predicted molar refractivity (Wildman–Crippen MR) is 130 cm³/mol. The highest BCUT2D eigenvalue weighted by Crippen LogP contribution is 2.33. The normalized spacial score (nSPS) is 18.8. The van der Waals surface area contributed by atoms with Gasteiger partial charge in [-0.15, -0.1) is 0 Å². The van der Waals surface area contributed by atoms with Gasteiger partial charge in [0, 0.05) is 31.2 Å². The van der Waals surface area contributed by atoms with Crippen molar-refractivity contribution in [1.82, 2.24) is 25.6 Å². The Kier molecular flexibility index (Phi) is 6.87. The Morgan fingerprint density at radius 3 is 2.79 bits per heavy atom. The van der Waals surface area contributed by atoms with Crippen LogP contribution in [0.1, 0.15) is 53.9 Å². The molecule has 0 aliphatic carbocycles. The molecule has 1 amide bonds. The number of halogens is 1. The monoisotopic (exact) mass is 490 g/mol. The number of aromatic nitrogens is 3. The van der Waals surface area contributed by atoms with Crippen molar-refractivity contribution in [2.75, 3.05) is 18.0 Å². The van der Waals surface area contributed by atoms with Gasteiger partial charge >= 0.3 is 5.97 Å². The molecule has 1 aromatic carbocycles. The first-order chi connectivity index (χ1) is 15.8. The summed E-state index contributed by atoms with van der Waals surface area (Å²) in [7, 11) is 0. The summed E-state index contributed by atoms with van der Waals surface area (Å²) in [5.74, 6) is -1.02. The molecule has 0 unspecified atom stereocenters. The summed E-state index contributed by atoms with van der Waals surface area (Å²) in [6.07, 6.45) is 1.37. The Morgan fingerprint density at radius 2 is 2.12 bits per heavy atom. The van der Waals surface area contributed by atoms with E-state index in [1.165, 1.54) is 11.3 Å². The van der Waals surface area contributed by atoms with E-state index in [1.54, 1.807) is 12.1 Å². The van der Waals surface area contributed by atoms with Gasteiger partial charge in [0.25, 0.3) is 5.91 Å². The number of piperidine rings is 1. The molecule has 176 valence electrons. The molecule has 0 spiro atoms. The van der Waals surface area contributed by atoms with Crippen LogP contribution in [0.3, 0.4) is 0 Å². The van der Waals surface area contributed by atoms with Crippen LogP contribution in [0.2, 0.25) is 5.15 Å². The van der Waals surface area contributed by atoms with Crippen molar-refractivity contribution in [3.63, 3.8) is 0 Å². The maximum atomic E-state index is 12.8. The number of benzene rings is 1. The Bertz CT molecular complexity index is 1180.